The van der Waals surface area contributed by atoms with Crippen LogP contribution in [0.25, 0.3) is 0 Å². The molecule has 0 saturated carbocycles. The number of hydrogen-bond acceptors (Lipinski definition) is 2. The van der Waals surface area contributed by atoms with Crippen LogP contribution in [0.1, 0.15) is 21.5 Å². The number of amides is 1. The predicted octanol–water partition coefficient (Wildman–Crippen LogP) is 5.84. The monoisotopic (exact) mass is 399 g/mol. The molecule has 0 N–H and O–H groups in total. The van der Waals surface area contributed by atoms with E-state index in [0.717, 1.165) is 11.1 Å². The smallest absolute Gasteiger partial charge is 0.259 e. The van der Waals surface area contributed by atoms with E-state index >= 15 is 0 Å². The first-order valence-corrected chi connectivity index (χ1v) is 9.25. The summed E-state index contributed by atoms with van der Waals surface area (Å²) in [5, 5.41) is 0.664. The van der Waals surface area contributed by atoms with Crippen molar-refractivity contribution in [2.75, 3.05) is 7.11 Å². The summed E-state index contributed by atoms with van der Waals surface area (Å²) in [5.74, 6) is 0.0624. The highest BCUT2D eigenvalue weighted by Crippen LogP contribution is 2.35. The SMILES string of the molecule is COc1c(Cl)ccc(Cl)c1C(=O)N(Cc1ccccc1)Cc1ccccc1. The molecule has 0 heterocycles. The Kier molecular flexibility index (Phi) is 6.38. The van der Waals surface area contributed by atoms with Crippen LogP contribution in [0.4, 0.5) is 0 Å². The van der Waals surface area contributed by atoms with E-state index in [9.17, 15) is 4.79 Å². The number of hydrogen-bond donors (Lipinski definition) is 0. The van der Waals surface area contributed by atoms with Crippen molar-refractivity contribution in [3.05, 3.63) is 99.5 Å². The number of benzene rings is 3. The molecule has 0 aliphatic heterocycles. The second-order valence-corrected chi connectivity index (χ2v) is 6.88. The van der Waals surface area contributed by atoms with E-state index < -0.39 is 0 Å². The topological polar surface area (TPSA) is 29.5 Å². The van der Waals surface area contributed by atoms with Gasteiger partial charge < -0.3 is 9.64 Å². The minimum absolute atomic E-state index is 0.230. The van der Waals surface area contributed by atoms with Gasteiger partial charge in [0.1, 0.15) is 5.56 Å². The van der Waals surface area contributed by atoms with E-state index in [1.807, 2.05) is 60.7 Å². The molecular weight excluding hydrogens is 381 g/mol. The fourth-order valence-corrected chi connectivity index (χ4v) is 3.36. The summed E-state index contributed by atoms with van der Waals surface area (Å²) >= 11 is 12.6. The summed E-state index contributed by atoms with van der Waals surface area (Å²) in [6.45, 7) is 0.890. The fraction of sp³-hybridized carbons (Fsp3) is 0.136. The number of carbonyl (C=O) groups excluding carboxylic acids is 1. The van der Waals surface area contributed by atoms with Gasteiger partial charge in [0.05, 0.1) is 17.2 Å². The van der Waals surface area contributed by atoms with Crippen LogP contribution in [-0.4, -0.2) is 17.9 Å². The quantitative estimate of drug-likeness (QED) is 0.520. The first kappa shape index (κ1) is 19.3. The van der Waals surface area contributed by atoms with Crippen LogP contribution in [0, 0.1) is 0 Å². The van der Waals surface area contributed by atoms with Crippen molar-refractivity contribution in [2.45, 2.75) is 13.1 Å². The molecule has 3 aromatic carbocycles. The number of ether oxygens (including phenoxy) is 1. The van der Waals surface area contributed by atoms with Gasteiger partial charge in [0.15, 0.2) is 5.75 Å². The van der Waals surface area contributed by atoms with E-state index in [4.69, 9.17) is 27.9 Å². The van der Waals surface area contributed by atoms with Gasteiger partial charge in [-0.15, -0.1) is 0 Å². The predicted molar refractivity (Wildman–Crippen MR) is 109 cm³/mol. The molecule has 138 valence electrons. The van der Waals surface area contributed by atoms with Gasteiger partial charge in [-0.25, -0.2) is 0 Å². The second kappa shape index (κ2) is 8.94. The molecule has 0 atom stereocenters. The Bertz CT molecular complexity index is 873. The summed E-state index contributed by atoms with van der Waals surface area (Å²) in [4.78, 5) is 15.1. The van der Waals surface area contributed by atoms with Crippen molar-refractivity contribution in [1.82, 2.24) is 4.90 Å². The van der Waals surface area contributed by atoms with Gasteiger partial charge in [-0.1, -0.05) is 83.9 Å². The Balaban J connectivity index is 1.99. The lowest BCUT2D eigenvalue weighted by molar-refractivity contribution is 0.0727. The Morgan fingerprint density at radius 1 is 0.815 bits per heavy atom. The van der Waals surface area contributed by atoms with Crippen LogP contribution in [0.2, 0.25) is 10.0 Å². The first-order chi connectivity index (χ1) is 13.1. The van der Waals surface area contributed by atoms with E-state index in [0.29, 0.717) is 28.9 Å². The van der Waals surface area contributed by atoms with E-state index in [-0.39, 0.29) is 11.5 Å². The largest absolute Gasteiger partial charge is 0.494 e. The minimum atomic E-state index is -0.230. The maximum Gasteiger partial charge on any atom is 0.259 e. The molecule has 0 radical (unpaired) electrons. The summed E-state index contributed by atoms with van der Waals surface area (Å²) < 4.78 is 5.36. The van der Waals surface area contributed by atoms with Crippen LogP contribution < -0.4 is 4.74 Å². The standard InChI is InChI=1S/C22H19Cl2NO2/c1-27-21-19(24)13-12-18(23)20(21)22(26)25(14-16-8-4-2-5-9-16)15-17-10-6-3-7-11-17/h2-13H,14-15H2,1H3. The Hall–Kier alpha value is -2.49. The van der Waals surface area contributed by atoms with Crippen LogP contribution in [-0.2, 0) is 13.1 Å². The minimum Gasteiger partial charge on any atom is -0.494 e. The fourth-order valence-electron chi connectivity index (χ4n) is 2.90. The van der Waals surface area contributed by atoms with Gasteiger partial charge in [-0.3, -0.25) is 4.79 Å². The number of methoxy groups -OCH3 is 1. The zero-order chi connectivity index (χ0) is 19.2. The van der Waals surface area contributed by atoms with Crippen molar-refractivity contribution < 1.29 is 9.53 Å². The summed E-state index contributed by atoms with van der Waals surface area (Å²) in [6, 6.07) is 22.9. The van der Waals surface area contributed by atoms with E-state index in [1.165, 1.54) is 7.11 Å². The molecule has 27 heavy (non-hydrogen) atoms. The molecule has 3 nitrogen and oxygen atoms in total. The van der Waals surface area contributed by atoms with Crippen molar-refractivity contribution >= 4 is 29.1 Å². The average molecular weight is 400 g/mol. The van der Waals surface area contributed by atoms with Gasteiger partial charge in [0.2, 0.25) is 0 Å². The van der Waals surface area contributed by atoms with Crippen molar-refractivity contribution in [3.8, 4) is 5.75 Å². The molecule has 0 bridgehead atoms. The maximum atomic E-state index is 13.4. The second-order valence-electron chi connectivity index (χ2n) is 6.07. The first-order valence-electron chi connectivity index (χ1n) is 8.49. The Morgan fingerprint density at radius 3 is 1.78 bits per heavy atom. The van der Waals surface area contributed by atoms with Gasteiger partial charge in [0.25, 0.3) is 5.91 Å². The summed E-state index contributed by atoms with van der Waals surface area (Å²) in [6.07, 6.45) is 0. The lowest BCUT2D eigenvalue weighted by atomic mass is 10.1. The van der Waals surface area contributed by atoms with Crippen LogP contribution in [0.5, 0.6) is 5.75 Å². The third-order valence-corrected chi connectivity index (χ3v) is 4.81. The molecule has 3 rings (SSSR count). The van der Waals surface area contributed by atoms with Crippen molar-refractivity contribution in [3.63, 3.8) is 0 Å². The third-order valence-electron chi connectivity index (χ3n) is 4.20. The lowest BCUT2D eigenvalue weighted by Crippen LogP contribution is -2.30. The average Bonchev–Trinajstić information content (AvgIpc) is 2.70. The third kappa shape index (κ3) is 4.62. The molecule has 5 heteroatoms. The Labute approximate surface area is 169 Å². The summed E-state index contributed by atoms with van der Waals surface area (Å²) in [5.41, 5.74) is 2.33. The zero-order valence-electron chi connectivity index (χ0n) is 14.9. The summed E-state index contributed by atoms with van der Waals surface area (Å²) in [7, 11) is 1.48. The molecule has 0 aromatic heterocycles. The number of halogens is 2. The molecule has 0 unspecified atom stereocenters. The molecule has 1 amide bonds. The van der Waals surface area contributed by atoms with Crippen molar-refractivity contribution in [1.29, 1.82) is 0 Å². The molecule has 0 saturated heterocycles. The highest BCUT2D eigenvalue weighted by atomic mass is 35.5. The zero-order valence-corrected chi connectivity index (χ0v) is 16.4. The number of nitrogens with zero attached hydrogens (tertiary/aromatic N) is 1. The van der Waals surface area contributed by atoms with Crippen LogP contribution >= 0.6 is 23.2 Å². The van der Waals surface area contributed by atoms with Gasteiger partial charge in [-0.05, 0) is 23.3 Å². The molecule has 0 aliphatic rings. The molecule has 0 fully saturated rings. The van der Waals surface area contributed by atoms with Gasteiger partial charge >= 0.3 is 0 Å². The van der Waals surface area contributed by atoms with Crippen molar-refractivity contribution in [2.24, 2.45) is 0 Å². The van der Waals surface area contributed by atoms with Gasteiger partial charge in [-0.2, -0.15) is 0 Å². The Morgan fingerprint density at radius 2 is 1.30 bits per heavy atom. The highest BCUT2D eigenvalue weighted by Gasteiger charge is 2.25. The maximum absolute atomic E-state index is 13.4. The normalized spacial score (nSPS) is 10.5. The number of rotatable bonds is 6. The van der Waals surface area contributed by atoms with E-state index in [1.54, 1.807) is 17.0 Å². The lowest BCUT2D eigenvalue weighted by Gasteiger charge is -2.25. The molecule has 0 spiro atoms. The highest BCUT2D eigenvalue weighted by molar-refractivity contribution is 6.37. The van der Waals surface area contributed by atoms with E-state index in [2.05, 4.69) is 0 Å². The van der Waals surface area contributed by atoms with Crippen LogP contribution in [0.3, 0.4) is 0 Å². The molecule has 3 aromatic rings. The molecular formula is C22H19Cl2NO2. The molecule has 0 aliphatic carbocycles. The van der Waals surface area contributed by atoms with Crippen LogP contribution in [0.15, 0.2) is 72.8 Å². The van der Waals surface area contributed by atoms with Gasteiger partial charge in [0, 0.05) is 13.1 Å². The number of carbonyl (C=O) groups is 1.